The van der Waals surface area contributed by atoms with Crippen LogP contribution in [0.4, 0.5) is 5.69 Å². The van der Waals surface area contributed by atoms with Gasteiger partial charge < -0.3 is 15.5 Å². The molecular formula is C16H24ClN3S. The molecule has 2 rings (SSSR count). The van der Waals surface area contributed by atoms with E-state index in [1.165, 1.54) is 32.4 Å². The number of nitrogens with one attached hydrogen (secondary N) is 2. The predicted molar refractivity (Wildman–Crippen MR) is 95.3 cm³/mol. The number of benzene rings is 1. The second-order valence-corrected chi connectivity index (χ2v) is 6.42. The first kappa shape index (κ1) is 16.5. The lowest BCUT2D eigenvalue weighted by molar-refractivity contribution is 0.227. The van der Waals surface area contributed by atoms with Gasteiger partial charge in [0.2, 0.25) is 0 Å². The molecule has 0 bridgehead atoms. The molecule has 1 aromatic carbocycles. The Balaban J connectivity index is 1.63. The Morgan fingerprint density at radius 1 is 1.29 bits per heavy atom. The SMILES string of the molecule is Cc1ccc(NC(=S)NCCCN2CCCCC2)cc1Cl. The average Bonchev–Trinajstić information content (AvgIpc) is 2.49. The second kappa shape index (κ2) is 8.57. The zero-order valence-electron chi connectivity index (χ0n) is 12.6. The minimum Gasteiger partial charge on any atom is -0.362 e. The van der Waals surface area contributed by atoms with E-state index < -0.39 is 0 Å². The lowest BCUT2D eigenvalue weighted by atomic mass is 10.1. The molecule has 0 atom stereocenters. The van der Waals surface area contributed by atoms with Crippen LogP contribution in [0.5, 0.6) is 0 Å². The van der Waals surface area contributed by atoms with Crippen molar-refractivity contribution in [2.75, 3.05) is 31.5 Å². The van der Waals surface area contributed by atoms with E-state index in [4.69, 9.17) is 23.8 Å². The maximum absolute atomic E-state index is 6.10. The van der Waals surface area contributed by atoms with Gasteiger partial charge in [-0.2, -0.15) is 0 Å². The van der Waals surface area contributed by atoms with E-state index in [9.17, 15) is 0 Å². The van der Waals surface area contributed by atoms with E-state index in [1.54, 1.807) is 0 Å². The number of anilines is 1. The highest BCUT2D eigenvalue weighted by molar-refractivity contribution is 7.80. The Labute approximate surface area is 138 Å². The maximum Gasteiger partial charge on any atom is 0.170 e. The third kappa shape index (κ3) is 5.81. The van der Waals surface area contributed by atoms with Crippen LogP contribution in [0.15, 0.2) is 18.2 Å². The summed E-state index contributed by atoms with van der Waals surface area (Å²) >= 11 is 11.4. The van der Waals surface area contributed by atoms with Crippen molar-refractivity contribution in [3.8, 4) is 0 Å². The van der Waals surface area contributed by atoms with Gasteiger partial charge in [-0.15, -0.1) is 0 Å². The summed E-state index contributed by atoms with van der Waals surface area (Å²) < 4.78 is 0. The number of nitrogens with zero attached hydrogens (tertiary/aromatic N) is 1. The summed E-state index contributed by atoms with van der Waals surface area (Å²) in [6, 6.07) is 5.88. The summed E-state index contributed by atoms with van der Waals surface area (Å²) in [7, 11) is 0. The van der Waals surface area contributed by atoms with Gasteiger partial charge in [-0.05, 0) is 75.7 Å². The number of likely N-dealkylation sites (tertiary alicyclic amines) is 1. The van der Waals surface area contributed by atoms with Crippen molar-refractivity contribution in [1.29, 1.82) is 0 Å². The van der Waals surface area contributed by atoms with E-state index in [-0.39, 0.29) is 0 Å². The number of hydrogen-bond acceptors (Lipinski definition) is 2. The molecule has 116 valence electrons. The molecule has 1 aliphatic rings. The Bertz CT molecular complexity index is 473. The van der Waals surface area contributed by atoms with Crippen molar-refractivity contribution in [2.24, 2.45) is 0 Å². The van der Waals surface area contributed by atoms with Crippen molar-refractivity contribution in [2.45, 2.75) is 32.6 Å². The number of aryl methyl sites for hydroxylation is 1. The number of piperidine rings is 1. The molecule has 0 spiro atoms. The zero-order chi connectivity index (χ0) is 15.1. The molecule has 1 fully saturated rings. The van der Waals surface area contributed by atoms with Crippen LogP contribution in [-0.4, -0.2) is 36.2 Å². The van der Waals surface area contributed by atoms with Crippen LogP contribution < -0.4 is 10.6 Å². The predicted octanol–water partition coefficient (Wildman–Crippen LogP) is 3.81. The fourth-order valence-corrected chi connectivity index (χ4v) is 2.93. The van der Waals surface area contributed by atoms with Crippen molar-refractivity contribution in [1.82, 2.24) is 10.2 Å². The number of thiocarbonyl (C=S) groups is 1. The molecular weight excluding hydrogens is 302 g/mol. The topological polar surface area (TPSA) is 27.3 Å². The quantitative estimate of drug-likeness (QED) is 0.636. The molecule has 1 aromatic rings. The highest BCUT2D eigenvalue weighted by atomic mass is 35.5. The van der Waals surface area contributed by atoms with Crippen LogP contribution in [0.2, 0.25) is 5.02 Å². The highest BCUT2D eigenvalue weighted by Gasteiger charge is 2.08. The molecule has 1 heterocycles. The summed E-state index contributed by atoms with van der Waals surface area (Å²) in [5, 5.41) is 7.84. The molecule has 0 amide bonds. The van der Waals surface area contributed by atoms with Crippen LogP contribution in [-0.2, 0) is 0 Å². The first-order valence-electron chi connectivity index (χ1n) is 7.68. The van der Waals surface area contributed by atoms with E-state index in [2.05, 4.69) is 15.5 Å². The van der Waals surface area contributed by atoms with Crippen molar-refractivity contribution in [3.63, 3.8) is 0 Å². The minimum atomic E-state index is 0.661. The van der Waals surface area contributed by atoms with Gasteiger partial charge in [-0.1, -0.05) is 24.1 Å². The molecule has 1 aliphatic heterocycles. The third-order valence-electron chi connectivity index (χ3n) is 3.82. The standard InChI is InChI=1S/C16H24ClN3S/c1-13-6-7-14(12-15(13)17)19-16(21)18-8-5-11-20-9-3-2-4-10-20/h6-7,12H,2-5,8-11H2,1H3,(H2,18,19,21). The van der Waals surface area contributed by atoms with Crippen molar-refractivity contribution >= 4 is 34.6 Å². The van der Waals surface area contributed by atoms with Gasteiger partial charge in [-0.3, -0.25) is 0 Å². The Morgan fingerprint density at radius 2 is 2.05 bits per heavy atom. The number of rotatable bonds is 5. The summed E-state index contributed by atoms with van der Waals surface area (Å²) in [6.45, 7) is 6.56. The molecule has 3 nitrogen and oxygen atoms in total. The minimum absolute atomic E-state index is 0.661. The maximum atomic E-state index is 6.10. The van der Waals surface area contributed by atoms with Gasteiger partial charge in [0.05, 0.1) is 0 Å². The van der Waals surface area contributed by atoms with Crippen LogP contribution in [0, 0.1) is 6.92 Å². The van der Waals surface area contributed by atoms with Gasteiger partial charge in [0.15, 0.2) is 5.11 Å². The fraction of sp³-hybridized carbons (Fsp3) is 0.562. The van der Waals surface area contributed by atoms with Crippen LogP contribution in [0.1, 0.15) is 31.2 Å². The molecule has 2 N–H and O–H groups in total. The molecule has 5 heteroatoms. The number of halogens is 1. The van der Waals surface area contributed by atoms with Gasteiger partial charge in [-0.25, -0.2) is 0 Å². The second-order valence-electron chi connectivity index (χ2n) is 5.60. The summed E-state index contributed by atoms with van der Waals surface area (Å²) in [5.74, 6) is 0. The normalized spacial score (nSPS) is 15.7. The van der Waals surface area contributed by atoms with E-state index >= 15 is 0 Å². The largest absolute Gasteiger partial charge is 0.362 e. The molecule has 21 heavy (non-hydrogen) atoms. The Morgan fingerprint density at radius 3 is 2.76 bits per heavy atom. The molecule has 1 saturated heterocycles. The van der Waals surface area contributed by atoms with Crippen LogP contribution in [0.25, 0.3) is 0 Å². The highest BCUT2D eigenvalue weighted by Crippen LogP contribution is 2.19. The van der Waals surface area contributed by atoms with Crippen LogP contribution in [0.3, 0.4) is 0 Å². The van der Waals surface area contributed by atoms with E-state index in [0.29, 0.717) is 5.11 Å². The first-order chi connectivity index (χ1) is 10.1. The van der Waals surface area contributed by atoms with Crippen LogP contribution >= 0.6 is 23.8 Å². The summed E-state index contributed by atoms with van der Waals surface area (Å²) in [4.78, 5) is 2.54. The average molecular weight is 326 g/mol. The van der Waals surface area contributed by atoms with E-state index in [1.807, 2.05) is 25.1 Å². The summed E-state index contributed by atoms with van der Waals surface area (Å²) in [5.41, 5.74) is 2.00. The Kier molecular flexibility index (Phi) is 6.74. The van der Waals surface area contributed by atoms with E-state index in [0.717, 1.165) is 35.8 Å². The van der Waals surface area contributed by atoms with Gasteiger partial charge in [0.25, 0.3) is 0 Å². The van der Waals surface area contributed by atoms with Crippen molar-refractivity contribution < 1.29 is 0 Å². The monoisotopic (exact) mass is 325 g/mol. The lowest BCUT2D eigenvalue weighted by Crippen LogP contribution is -2.34. The Hall–Kier alpha value is -0.840. The van der Waals surface area contributed by atoms with Gasteiger partial charge in [0, 0.05) is 17.3 Å². The first-order valence-corrected chi connectivity index (χ1v) is 8.47. The van der Waals surface area contributed by atoms with Gasteiger partial charge >= 0.3 is 0 Å². The molecule has 0 saturated carbocycles. The smallest absolute Gasteiger partial charge is 0.170 e. The van der Waals surface area contributed by atoms with Crippen molar-refractivity contribution in [3.05, 3.63) is 28.8 Å². The fourth-order valence-electron chi connectivity index (χ4n) is 2.53. The van der Waals surface area contributed by atoms with Gasteiger partial charge in [0.1, 0.15) is 0 Å². The molecule has 0 aliphatic carbocycles. The summed E-state index contributed by atoms with van der Waals surface area (Å²) in [6.07, 6.45) is 5.21. The molecule has 0 unspecified atom stereocenters. The zero-order valence-corrected chi connectivity index (χ0v) is 14.2. The number of hydrogen-bond donors (Lipinski definition) is 2. The molecule has 0 aromatic heterocycles. The molecule has 0 radical (unpaired) electrons. The third-order valence-corrected chi connectivity index (χ3v) is 4.47. The lowest BCUT2D eigenvalue weighted by Gasteiger charge is -2.26.